The van der Waals surface area contributed by atoms with Crippen LogP contribution >= 0.6 is 0 Å². The SMILES string of the molecule is Cc1c(F)c(F)c(S(=O)(=O)N(CC(=O)N(Cc2cc(C3CC3)cc(C(C)(C)C)c2)c2ccc(C(=O)O)cc2OC2CC2)Cc2cnccc2C(F)(F)F)c(F)c1F. The third-order valence-corrected chi connectivity index (χ3v) is 11.6. The van der Waals surface area contributed by atoms with E-state index in [1.54, 1.807) is 0 Å². The number of benzene rings is 3. The van der Waals surface area contributed by atoms with Crippen molar-refractivity contribution < 1.29 is 58.6 Å². The number of ether oxygens (including phenoxy) is 1. The fourth-order valence-corrected chi connectivity index (χ4v) is 7.75. The summed E-state index contributed by atoms with van der Waals surface area (Å²) < 4.78 is 137. The maximum Gasteiger partial charge on any atom is 0.416 e. The first-order valence-corrected chi connectivity index (χ1v) is 19.3. The number of sulfonamides is 1. The van der Waals surface area contributed by atoms with Crippen LogP contribution in [-0.2, 0) is 39.5 Å². The molecular formula is C40H38F7N3O6S. The number of nitrogens with zero attached hydrogens (tertiary/aromatic N) is 3. The Bertz CT molecular complexity index is 2330. The van der Waals surface area contributed by atoms with Gasteiger partial charge in [0.2, 0.25) is 15.9 Å². The van der Waals surface area contributed by atoms with Gasteiger partial charge in [0.25, 0.3) is 0 Å². The molecule has 9 nitrogen and oxygen atoms in total. The maximum atomic E-state index is 15.4. The number of carboxylic acids is 1. The molecule has 0 unspecified atom stereocenters. The van der Waals surface area contributed by atoms with Crippen LogP contribution in [0.3, 0.4) is 0 Å². The van der Waals surface area contributed by atoms with Crippen LogP contribution in [0.4, 0.5) is 36.4 Å². The Labute approximate surface area is 324 Å². The number of carboxylic acid groups (broad SMARTS) is 1. The lowest BCUT2D eigenvalue weighted by Gasteiger charge is -2.30. The number of rotatable bonds is 13. The zero-order chi connectivity index (χ0) is 41.8. The van der Waals surface area contributed by atoms with Gasteiger partial charge in [-0.25, -0.2) is 30.8 Å². The Balaban J connectivity index is 1.52. The second-order valence-electron chi connectivity index (χ2n) is 15.3. The first kappa shape index (κ1) is 41.6. The summed E-state index contributed by atoms with van der Waals surface area (Å²) >= 11 is 0. The van der Waals surface area contributed by atoms with Gasteiger partial charge in [-0.15, -0.1) is 0 Å². The molecule has 57 heavy (non-hydrogen) atoms. The molecule has 2 aliphatic rings. The Morgan fingerprint density at radius 2 is 1.54 bits per heavy atom. The molecule has 0 saturated heterocycles. The van der Waals surface area contributed by atoms with Gasteiger partial charge in [-0.3, -0.25) is 9.78 Å². The summed E-state index contributed by atoms with van der Waals surface area (Å²) in [6, 6.07) is 9.82. The minimum Gasteiger partial charge on any atom is -0.488 e. The van der Waals surface area contributed by atoms with E-state index in [0.29, 0.717) is 37.6 Å². The van der Waals surface area contributed by atoms with E-state index in [9.17, 15) is 45.1 Å². The van der Waals surface area contributed by atoms with Crippen LogP contribution in [0, 0.1) is 30.2 Å². The van der Waals surface area contributed by atoms with E-state index in [2.05, 4.69) is 4.98 Å². The maximum absolute atomic E-state index is 15.4. The summed E-state index contributed by atoms with van der Waals surface area (Å²) in [4.78, 5) is 29.2. The van der Waals surface area contributed by atoms with Crippen LogP contribution in [0.15, 0.2) is 59.8 Å². The molecule has 3 aromatic carbocycles. The molecule has 2 aliphatic carbocycles. The van der Waals surface area contributed by atoms with Crippen molar-refractivity contribution in [2.24, 2.45) is 0 Å². The van der Waals surface area contributed by atoms with Crippen molar-refractivity contribution in [2.75, 3.05) is 11.4 Å². The summed E-state index contributed by atoms with van der Waals surface area (Å²) in [7, 11) is -5.89. The summed E-state index contributed by atoms with van der Waals surface area (Å²) in [6.07, 6.45) is -1.01. The third-order valence-electron chi connectivity index (χ3n) is 9.79. The Morgan fingerprint density at radius 1 is 0.895 bits per heavy atom. The van der Waals surface area contributed by atoms with Crippen LogP contribution in [0.5, 0.6) is 5.75 Å². The highest BCUT2D eigenvalue weighted by molar-refractivity contribution is 7.89. The predicted octanol–water partition coefficient (Wildman–Crippen LogP) is 8.80. The number of carbonyl (C=O) groups excluding carboxylic acids is 1. The normalized spacial score (nSPS) is 14.9. The first-order chi connectivity index (χ1) is 26.6. The lowest BCUT2D eigenvalue weighted by Crippen LogP contribution is -2.43. The predicted molar refractivity (Wildman–Crippen MR) is 193 cm³/mol. The number of aromatic carboxylic acids is 1. The Hall–Kier alpha value is -5.03. The van der Waals surface area contributed by atoms with Crippen LogP contribution in [0.25, 0.3) is 0 Å². The fraction of sp³-hybridized carbons (Fsp3) is 0.375. The molecule has 17 heteroatoms. The number of alkyl halides is 3. The van der Waals surface area contributed by atoms with E-state index in [0.717, 1.165) is 35.1 Å². The number of halogens is 7. The van der Waals surface area contributed by atoms with E-state index >= 15 is 8.78 Å². The van der Waals surface area contributed by atoms with Crippen LogP contribution in [0.2, 0.25) is 0 Å². The van der Waals surface area contributed by atoms with Gasteiger partial charge in [0.15, 0.2) is 28.2 Å². The standard InChI is InChI=1S/C40H38F7N3O6S/c1-21-33(41)35(43)37(36(44)34(21)42)57(54,55)49(19-26-17-48-12-11-29(26)40(45,46)47)20-32(51)50(30-10-7-24(38(52)53)16-31(30)56-28-8-9-28)18-22-13-25(23-5-6-23)15-27(14-22)39(2,3)4/h7,10-17,23,28H,5-6,8-9,18-20H2,1-4H3,(H,52,53). The molecule has 1 aromatic heterocycles. The van der Waals surface area contributed by atoms with Crippen molar-refractivity contribution in [3.8, 4) is 5.75 Å². The molecule has 2 saturated carbocycles. The van der Waals surface area contributed by atoms with Crippen molar-refractivity contribution in [1.82, 2.24) is 9.29 Å². The fourth-order valence-electron chi connectivity index (χ4n) is 6.27. The number of hydrogen-bond acceptors (Lipinski definition) is 6. The van der Waals surface area contributed by atoms with Crippen molar-refractivity contribution in [2.45, 2.75) is 95.0 Å². The van der Waals surface area contributed by atoms with Crippen LogP contribution < -0.4 is 9.64 Å². The lowest BCUT2D eigenvalue weighted by atomic mass is 9.84. The van der Waals surface area contributed by atoms with Crippen molar-refractivity contribution in [1.29, 1.82) is 0 Å². The van der Waals surface area contributed by atoms with Gasteiger partial charge in [0.1, 0.15) is 5.75 Å². The topological polar surface area (TPSA) is 117 Å². The molecule has 1 amide bonds. The molecule has 2 fully saturated rings. The summed E-state index contributed by atoms with van der Waals surface area (Å²) in [5, 5.41) is 9.76. The number of pyridine rings is 1. The Morgan fingerprint density at radius 3 is 2.11 bits per heavy atom. The van der Waals surface area contributed by atoms with E-state index in [1.165, 1.54) is 18.2 Å². The minimum atomic E-state index is -5.89. The zero-order valence-electron chi connectivity index (χ0n) is 31.2. The quantitative estimate of drug-likeness (QED) is 0.106. The van der Waals surface area contributed by atoms with Gasteiger partial charge in [-0.1, -0.05) is 39.0 Å². The first-order valence-electron chi connectivity index (χ1n) is 17.9. The lowest BCUT2D eigenvalue weighted by molar-refractivity contribution is -0.138. The molecule has 4 aromatic rings. The minimum absolute atomic E-state index is 0.0153. The molecule has 0 radical (unpaired) electrons. The number of amides is 1. The second kappa shape index (κ2) is 15.4. The molecular weight excluding hydrogens is 784 g/mol. The van der Waals surface area contributed by atoms with Crippen molar-refractivity contribution >= 4 is 27.6 Å². The van der Waals surface area contributed by atoms with E-state index in [1.807, 2.05) is 39.0 Å². The van der Waals surface area contributed by atoms with Crippen LogP contribution in [0.1, 0.15) is 96.1 Å². The molecule has 1 heterocycles. The number of aromatic nitrogens is 1. The number of hydrogen-bond donors (Lipinski definition) is 1. The molecule has 1 N–H and O–H groups in total. The van der Waals surface area contributed by atoms with E-state index < -0.39 is 86.0 Å². The van der Waals surface area contributed by atoms with Gasteiger partial charge in [-0.05, 0) is 90.5 Å². The highest BCUT2D eigenvalue weighted by atomic mass is 32.2. The largest absolute Gasteiger partial charge is 0.488 e. The van der Waals surface area contributed by atoms with Crippen LogP contribution in [-0.4, -0.2) is 47.3 Å². The van der Waals surface area contributed by atoms with Gasteiger partial charge in [0, 0.05) is 24.5 Å². The van der Waals surface area contributed by atoms with Gasteiger partial charge in [-0.2, -0.15) is 17.5 Å². The molecule has 0 atom stereocenters. The summed E-state index contributed by atoms with van der Waals surface area (Å²) in [5.74, 6) is -11.2. The Kier molecular flexibility index (Phi) is 11.2. The molecule has 6 rings (SSSR count). The third kappa shape index (κ3) is 8.93. The molecule has 0 bridgehead atoms. The molecule has 304 valence electrons. The molecule has 0 spiro atoms. The zero-order valence-corrected chi connectivity index (χ0v) is 32.0. The van der Waals surface area contributed by atoms with E-state index in [-0.39, 0.29) is 45.3 Å². The smallest absolute Gasteiger partial charge is 0.416 e. The highest BCUT2D eigenvalue weighted by Crippen LogP contribution is 2.43. The second-order valence-corrected chi connectivity index (χ2v) is 17.2. The van der Waals surface area contributed by atoms with E-state index in [4.69, 9.17) is 4.74 Å². The molecule has 0 aliphatic heterocycles. The average Bonchev–Trinajstić information content (AvgIpc) is 4.07. The summed E-state index contributed by atoms with van der Waals surface area (Å²) in [5.41, 5.74) is -1.70. The highest BCUT2D eigenvalue weighted by Gasteiger charge is 2.41. The van der Waals surface area contributed by atoms with Gasteiger partial charge >= 0.3 is 12.1 Å². The summed E-state index contributed by atoms with van der Waals surface area (Å²) in [6.45, 7) is 3.45. The number of carbonyl (C=O) groups is 2. The van der Waals surface area contributed by atoms with Crippen molar-refractivity contribution in [3.05, 3.63) is 117 Å². The number of anilines is 1. The van der Waals surface area contributed by atoms with Crippen molar-refractivity contribution in [3.63, 3.8) is 0 Å². The average molecular weight is 822 g/mol. The van der Waals surface area contributed by atoms with Gasteiger partial charge < -0.3 is 14.7 Å². The monoisotopic (exact) mass is 821 g/mol. The van der Waals surface area contributed by atoms with Gasteiger partial charge in [0.05, 0.1) is 36.0 Å².